The summed E-state index contributed by atoms with van der Waals surface area (Å²) in [6.07, 6.45) is 19.3. The minimum atomic E-state index is 0.121. The third-order valence-electron chi connectivity index (χ3n) is 11.6. The number of benzene rings is 6. The van der Waals surface area contributed by atoms with Gasteiger partial charge < -0.3 is 0 Å². The molecular formula is C53H38N4. The zero-order valence-electron chi connectivity index (χ0n) is 31.3. The lowest BCUT2D eigenvalue weighted by molar-refractivity contribution is 0.763. The van der Waals surface area contributed by atoms with Crippen LogP contribution >= 0.6 is 0 Å². The van der Waals surface area contributed by atoms with E-state index in [1.807, 2.05) is 0 Å². The highest BCUT2D eigenvalue weighted by atomic mass is 15.2. The summed E-state index contributed by atoms with van der Waals surface area (Å²) in [6.45, 7) is 0. The van der Waals surface area contributed by atoms with Gasteiger partial charge >= 0.3 is 0 Å². The van der Waals surface area contributed by atoms with E-state index in [1.165, 1.54) is 32.8 Å². The molecule has 270 valence electrons. The topological polar surface area (TPSA) is 43.1 Å². The molecule has 4 heteroatoms. The van der Waals surface area contributed by atoms with Gasteiger partial charge in [0.25, 0.3) is 0 Å². The molecule has 0 amide bonds. The minimum absolute atomic E-state index is 0.121. The fourth-order valence-electron chi connectivity index (χ4n) is 8.89. The largest absolute Gasteiger partial charge is 0.235 e. The van der Waals surface area contributed by atoms with Crippen LogP contribution in [0.1, 0.15) is 36.2 Å². The van der Waals surface area contributed by atoms with E-state index in [0.29, 0.717) is 0 Å². The maximum atomic E-state index is 5.66. The zero-order valence-corrected chi connectivity index (χ0v) is 31.3. The molecule has 0 saturated heterocycles. The van der Waals surface area contributed by atoms with Gasteiger partial charge in [-0.3, -0.25) is 0 Å². The van der Waals surface area contributed by atoms with Gasteiger partial charge in [0, 0.05) is 44.9 Å². The monoisotopic (exact) mass is 730 g/mol. The van der Waals surface area contributed by atoms with Crippen molar-refractivity contribution in [2.45, 2.75) is 24.7 Å². The van der Waals surface area contributed by atoms with E-state index >= 15 is 0 Å². The molecule has 0 aliphatic heterocycles. The summed E-state index contributed by atoms with van der Waals surface area (Å²) in [5.41, 5.74) is 12.1. The van der Waals surface area contributed by atoms with E-state index in [1.54, 1.807) is 0 Å². The third-order valence-corrected chi connectivity index (χ3v) is 11.6. The van der Waals surface area contributed by atoms with Crippen LogP contribution in [0.2, 0.25) is 0 Å². The number of hydrogen-bond donors (Lipinski definition) is 0. The molecule has 3 aromatic heterocycles. The molecule has 2 aliphatic rings. The van der Waals surface area contributed by atoms with Crippen LogP contribution < -0.4 is 0 Å². The molecule has 3 heterocycles. The molecule has 2 unspecified atom stereocenters. The van der Waals surface area contributed by atoms with Gasteiger partial charge in [-0.25, -0.2) is 14.5 Å². The summed E-state index contributed by atoms with van der Waals surface area (Å²) in [5.74, 6) is 1.14. The van der Waals surface area contributed by atoms with E-state index in [4.69, 9.17) is 15.1 Å². The maximum absolute atomic E-state index is 5.66. The van der Waals surface area contributed by atoms with E-state index in [9.17, 15) is 0 Å². The number of aromatic nitrogens is 4. The third kappa shape index (κ3) is 5.72. The van der Waals surface area contributed by atoms with Gasteiger partial charge in [-0.15, -0.1) is 0 Å². The maximum Gasteiger partial charge on any atom is 0.136 e. The number of allylic oxidation sites excluding steroid dienone is 8. The van der Waals surface area contributed by atoms with Crippen LogP contribution in [0.25, 0.3) is 82.7 Å². The number of fused-ring (bicyclic) bond motifs is 5. The van der Waals surface area contributed by atoms with Crippen LogP contribution in [-0.2, 0) is 0 Å². The van der Waals surface area contributed by atoms with Gasteiger partial charge in [0.1, 0.15) is 11.5 Å². The second-order valence-corrected chi connectivity index (χ2v) is 15.1. The molecule has 0 saturated carbocycles. The molecule has 11 rings (SSSR count). The van der Waals surface area contributed by atoms with E-state index in [2.05, 4.69) is 199 Å². The van der Waals surface area contributed by atoms with Crippen molar-refractivity contribution in [3.8, 4) is 44.8 Å². The molecule has 6 aromatic carbocycles. The Kier molecular flexibility index (Phi) is 8.06. The van der Waals surface area contributed by atoms with Crippen molar-refractivity contribution >= 4 is 38.0 Å². The van der Waals surface area contributed by atoms with Crippen molar-refractivity contribution in [2.24, 2.45) is 0 Å². The van der Waals surface area contributed by atoms with Crippen molar-refractivity contribution in [1.29, 1.82) is 0 Å². The summed E-state index contributed by atoms with van der Waals surface area (Å²) in [5, 5.41) is 11.5. The van der Waals surface area contributed by atoms with Gasteiger partial charge in [0.05, 0.1) is 22.4 Å². The Morgan fingerprint density at radius 1 is 0.456 bits per heavy atom. The molecule has 4 nitrogen and oxygen atoms in total. The Hall–Kier alpha value is -7.17. The smallest absolute Gasteiger partial charge is 0.136 e. The van der Waals surface area contributed by atoms with E-state index in [0.717, 1.165) is 74.3 Å². The zero-order chi connectivity index (χ0) is 37.7. The molecule has 0 N–H and O–H groups in total. The summed E-state index contributed by atoms with van der Waals surface area (Å²) in [7, 11) is 0. The lowest BCUT2D eigenvalue weighted by atomic mass is 9.86. The highest BCUT2D eigenvalue weighted by Gasteiger charge is 2.28. The molecule has 57 heavy (non-hydrogen) atoms. The summed E-state index contributed by atoms with van der Waals surface area (Å²) < 4.78 is 2.28. The van der Waals surface area contributed by atoms with Gasteiger partial charge in [-0.1, -0.05) is 182 Å². The molecule has 0 radical (unpaired) electrons. The molecule has 2 atom stereocenters. The van der Waals surface area contributed by atoms with E-state index in [-0.39, 0.29) is 11.8 Å². The number of rotatable bonds is 6. The Labute approximate surface area is 331 Å². The van der Waals surface area contributed by atoms with Crippen molar-refractivity contribution in [2.75, 3.05) is 0 Å². The first-order valence-corrected chi connectivity index (χ1v) is 19.8. The lowest BCUT2D eigenvalue weighted by Crippen LogP contribution is -2.09. The number of hydrogen-bond acceptors (Lipinski definition) is 3. The summed E-state index contributed by atoms with van der Waals surface area (Å²) in [6, 6.07) is 52.4. The minimum Gasteiger partial charge on any atom is -0.235 e. The number of pyridine rings is 1. The fourth-order valence-corrected chi connectivity index (χ4v) is 8.89. The van der Waals surface area contributed by atoms with Crippen molar-refractivity contribution < 1.29 is 0 Å². The van der Waals surface area contributed by atoms with Crippen LogP contribution in [-0.4, -0.2) is 19.6 Å². The van der Waals surface area contributed by atoms with Crippen molar-refractivity contribution in [3.05, 3.63) is 206 Å². The number of nitrogens with zero attached hydrogens (tertiary/aromatic N) is 4. The first-order valence-electron chi connectivity index (χ1n) is 19.8. The van der Waals surface area contributed by atoms with Crippen molar-refractivity contribution in [1.82, 2.24) is 19.6 Å². The Morgan fingerprint density at radius 2 is 1.09 bits per heavy atom. The SMILES string of the molecule is C1=CCC(c2nc(-c3ccc(-c4c(C5C=CC=CC5)n5nc(-c6ccc7ccccc7c6)c(-c6ccccc6)c5c5ccccc45)cc3)c3ccccc3n2)C=C1. The van der Waals surface area contributed by atoms with Gasteiger partial charge in [-0.2, -0.15) is 5.10 Å². The van der Waals surface area contributed by atoms with E-state index < -0.39 is 0 Å². The average molecular weight is 731 g/mol. The molecule has 0 bridgehead atoms. The van der Waals surface area contributed by atoms with Crippen LogP contribution in [0.15, 0.2) is 194 Å². The van der Waals surface area contributed by atoms with Gasteiger partial charge in [0.2, 0.25) is 0 Å². The van der Waals surface area contributed by atoms with Crippen LogP contribution in [0.5, 0.6) is 0 Å². The summed E-state index contributed by atoms with van der Waals surface area (Å²) in [4.78, 5) is 10.3. The van der Waals surface area contributed by atoms with Crippen LogP contribution in [0.3, 0.4) is 0 Å². The molecule has 0 fully saturated rings. The molecular weight excluding hydrogens is 693 g/mol. The molecule has 9 aromatic rings. The lowest BCUT2D eigenvalue weighted by Gasteiger charge is -2.22. The standard InChI is InChI=1S/C53H38N4/c1-4-17-36(18-5-1)48-50(42-33-28-35-16-10-11-23-41(35)34-42)56-57-51(39-19-6-2-7-20-39)47(43-24-12-13-25-44(43)52(48)57)37-29-31-38(32-30-37)49-45-26-14-15-27-46(45)54-53(55-49)40-21-8-3-9-22-40/h1-19,21,23-34,39-40H,20,22H2. The quantitative estimate of drug-likeness (QED) is 0.171. The first-order chi connectivity index (χ1) is 28.3. The Bertz CT molecular complexity index is 3130. The predicted octanol–water partition coefficient (Wildman–Crippen LogP) is 13.5. The van der Waals surface area contributed by atoms with Crippen molar-refractivity contribution in [3.63, 3.8) is 0 Å². The van der Waals surface area contributed by atoms with Crippen LogP contribution in [0.4, 0.5) is 0 Å². The second kappa shape index (κ2) is 13.8. The molecule has 2 aliphatic carbocycles. The highest BCUT2D eigenvalue weighted by Crippen LogP contribution is 2.46. The Morgan fingerprint density at radius 3 is 1.86 bits per heavy atom. The predicted molar refractivity (Wildman–Crippen MR) is 236 cm³/mol. The van der Waals surface area contributed by atoms with Gasteiger partial charge in [0.15, 0.2) is 0 Å². The number of para-hydroxylation sites is 1. The average Bonchev–Trinajstić information content (AvgIpc) is 3.70. The summed E-state index contributed by atoms with van der Waals surface area (Å²) >= 11 is 0. The normalized spacial score (nSPS) is 16.4. The second-order valence-electron chi connectivity index (χ2n) is 15.1. The fraction of sp³-hybridized carbons (Fsp3) is 0.0755. The highest BCUT2D eigenvalue weighted by molar-refractivity contribution is 6.12. The van der Waals surface area contributed by atoms with Gasteiger partial charge in [-0.05, 0) is 52.3 Å². The Balaban J connectivity index is 1.16. The molecule has 0 spiro atoms. The van der Waals surface area contributed by atoms with Crippen LogP contribution in [0, 0.1) is 0 Å². The first kappa shape index (κ1) is 33.2.